The number of hydrogen-bond donors (Lipinski definition) is 0. The van der Waals surface area contributed by atoms with Crippen LogP contribution in [-0.2, 0) is 16.0 Å². The molecule has 3 aliphatic rings. The molecule has 2 heterocycles. The van der Waals surface area contributed by atoms with Crippen molar-refractivity contribution in [3.8, 4) is 0 Å². The molecule has 0 bridgehead atoms. The summed E-state index contributed by atoms with van der Waals surface area (Å²) in [5.41, 5.74) is 1.24. The van der Waals surface area contributed by atoms with Crippen molar-refractivity contribution in [2.24, 2.45) is 5.92 Å². The van der Waals surface area contributed by atoms with E-state index >= 15 is 0 Å². The highest BCUT2D eigenvalue weighted by Crippen LogP contribution is 2.25. The predicted molar refractivity (Wildman–Crippen MR) is 110 cm³/mol. The Morgan fingerprint density at radius 3 is 2.39 bits per heavy atom. The van der Waals surface area contributed by atoms with Crippen molar-refractivity contribution in [3.05, 3.63) is 35.9 Å². The average Bonchev–Trinajstić information content (AvgIpc) is 3.14. The largest absolute Gasteiger partial charge is 0.342 e. The van der Waals surface area contributed by atoms with Gasteiger partial charge in [-0.1, -0.05) is 49.6 Å². The molecule has 1 aromatic rings. The fraction of sp³-hybridized carbons (Fsp3) is 0.652. The first-order valence-corrected chi connectivity index (χ1v) is 11.1. The Morgan fingerprint density at radius 2 is 1.68 bits per heavy atom. The number of rotatable bonds is 5. The molecule has 0 spiro atoms. The van der Waals surface area contributed by atoms with Crippen molar-refractivity contribution in [2.45, 2.75) is 51.0 Å². The summed E-state index contributed by atoms with van der Waals surface area (Å²) in [5, 5.41) is 0. The van der Waals surface area contributed by atoms with Crippen molar-refractivity contribution >= 4 is 11.8 Å². The number of hydrogen-bond acceptors (Lipinski definition) is 3. The van der Waals surface area contributed by atoms with Gasteiger partial charge in [-0.2, -0.15) is 0 Å². The van der Waals surface area contributed by atoms with Gasteiger partial charge in [-0.05, 0) is 24.8 Å². The summed E-state index contributed by atoms with van der Waals surface area (Å²) in [6, 6.07) is 11.0. The zero-order valence-electron chi connectivity index (χ0n) is 16.9. The number of amides is 2. The van der Waals surface area contributed by atoms with Crippen molar-refractivity contribution in [2.75, 3.05) is 39.3 Å². The van der Waals surface area contributed by atoms with Crippen LogP contribution in [0.5, 0.6) is 0 Å². The van der Waals surface area contributed by atoms with Crippen molar-refractivity contribution in [1.29, 1.82) is 0 Å². The molecule has 1 aromatic carbocycles. The Hall–Kier alpha value is -1.88. The maximum absolute atomic E-state index is 13.0. The summed E-state index contributed by atoms with van der Waals surface area (Å²) in [7, 11) is 0. The van der Waals surface area contributed by atoms with Gasteiger partial charge in [-0.3, -0.25) is 14.5 Å². The third-order valence-corrected chi connectivity index (χ3v) is 6.79. The predicted octanol–water partition coefficient (Wildman–Crippen LogP) is 2.55. The summed E-state index contributed by atoms with van der Waals surface area (Å²) in [6.07, 6.45) is 7.97. The molecule has 0 aromatic heterocycles. The zero-order chi connectivity index (χ0) is 19.3. The second-order valence-electron chi connectivity index (χ2n) is 8.63. The van der Waals surface area contributed by atoms with Crippen LogP contribution in [0.3, 0.4) is 0 Å². The first-order valence-electron chi connectivity index (χ1n) is 11.1. The van der Waals surface area contributed by atoms with Gasteiger partial charge in [0.1, 0.15) is 0 Å². The lowest BCUT2D eigenvalue weighted by Gasteiger charge is -2.41. The van der Waals surface area contributed by atoms with Gasteiger partial charge in [0.05, 0.1) is 5.92 Å². The molecule has 2 amide bonds. The Balaban J connectivity index is 1.24. The van der Waals surface area contributed by atoms with E-state index in [1.165, 1.54) is 37.7 Å². The monoisotopic (exact) mass is 383 g/mol. The minimum atomic E-state index is -0.149. The summed E-state index contributed by atoms with van der Waals surface area (Å²) < 4.78 is 0. The lowest BCUT2D eigenvalue weighted by molar-refractivity contribution is -0.137. The molecule has 152 valence electrons. The summed E-state index contributed by atoms with van der Waals surface area (Å²) in [4.78, 5) is 31.9. The van der Waals surface area contributed by atoms with Gasteiger partial charge in [0, 0.05) is 51.7 Å². The molecule has 3 fully saturated rings. The number of likely N-dealkylation sites (tertiary alicyclic amines) is 1. The first-order chi connectivity index (χ1) is 13.7. The maximum atomic E-state index is 13.0. The van der Waals surface area contributed by atoms with Crippen LogP contribution in [0.1, 0.15) is 44.1 Å². The Kier molecular flexibility index (Phi) is 6.30. The SMILES string of the molecule is O=C1C[C@@H](C(=O)N2CCN(C3CCCCC3)CC2)CN1CCc1ccccc1. The third kappa shape index (κ3) is 4.57. The van der Waals surface area contributed by atoms with Crippen molar-refractivity contribution < 1.29 is 9.59 Å². The molecular formula is C23H33N3O2. The zero-order valence-corrected chi connectivity index (χ0v) is 16.9. The lowest BCUT2D eigenvalue weighted by Crippen LogP contribution is -2.53. The molecule has 28 heavy (non-hydrogen) atoms. The highest BCUT2D eigenvalue weighted by atomic mass is 16.2. The standard InChI is InChI=1S/C23H33N3O2/c27-22-17-20(18-26(22)12-11-19-7-3-1-4-8-19)23(28)25-15-13-24(14-16-25)21-9-5-2-6-10-21/h1,3-4,7-8,20-21H,2,5-6,9-18H2/t20-/m1/s1. The van der Waals surface area contributed by atoms with Gasteiger partial charge in [0.2, 0.25) is 11.8 Å². The van der Waals surface area contributed by atoms with Crippen LogP contribution in [0.2, 0.25) is 0 Å². The minimum absolute atomic E-state index is 0.134. The summed E-state index contributed by atoms with van der Waals surface area (Å²) in [6.45, 7) is 4.94. The normalized spacial score (nSPS) is 24.7. The second-order valence-corrected chi connectivity index (χ2v) is 8.63. The average molecular weight is 384 g/mol. The first kappa shape index (κ1) is 19.4. The highest BCUT2D eigenvalue weighted by Gasteiger charge is 2.37. The minimum Gasteiger partial charge on any atom is -0.342 e. The smallest absolute Gasteiger partial charge is 0.228 e. The van der Waals surface area contributed by atoms with Gasteiger partial charge in [0.25, 0.3) is 0 Å². The third-order valence-electron chi connectivity index (χ3n) is 6.79. The number of benzene rings is 1. The van der Waals surface area contributed by atoms with Gasteiger partial charge in [-0.15, -0.1) is 0 Å². The van der Waals surface area contributed by atoms with E-state index in [4.69, 9.17) is 0 Å². The van der Waals surface area contributed by atoms with Crippen LogP contribution in [0.4, 0.5) is 0 Å². The van der Waals surface area contributed by atoms with E-state index in [1.54, 1.807) is 0 Å². The van der Waals surface area contributed by atoms with Crippen LogP contribution in [0, 0.1) is 5.92 Å². The van der Waals surface area contributed by atoms with E-state index in [2.05, 4.69) is 17.0 Å². The highest BCUT2D eigenvalue weighted by molar-refractivity contribution is 5.89. The second kappa shape index (κ2) is 9.08. The molecule has 1 saturated carbocycles. The summed E-state index contributed by atoms with van der Waals surface area (Å²) >= 11 is 0. The Morgan fingerprint density at radius 1 is 0.964 bits per heavy atom. The van der Waals surface area contributed by atoms with E-state index in [-0.39, 0.29) is 17.7 Å². The topological polar surface area (TPSA) is 43.9 Å². The molecule has 5 nitrogen and oxygen atoms in total. The molecule has 5 heteroatoms. The number of carbonyl (C=O) groups is 2. The van der Waals surface area contributed by atoms with Crippen LogP contribution in [-0.4, -0.2) is 71.8 Å². The van der Waals surface area contributed by atoms with Gasteiger partial charge >= 0.3 is 0 Å². The van der Waals surface area contributed by atoms with E-state index in [0.717, 1.165) is 38.6 Å². The molecular weight excluding hydrogens is 350 g/mol. The Labute approximate surface area is 168 Å². The summed E-state index contributed by atoms with van der Waals surface area (Å²) in [5.74, 6) is 0.179. The molecule has 2 aliphatic heterocycles. The van der Waals surface area contributed by atoms with Crippen LogP contribution >= 0.6 is 0 Å². The Bertz CT molecular complexity index is 664. The van der Waals surface area contributed by atoms with E-state index in [1.807, 2.05) is 28.0 Å². The number of piperazine rings is 1. The number of nitrogens with zero attached hydrogens (tertiary/aromatic N) is 3. The molecule has 2 saturated heterocycles. The van der Waals surface area contributed by atoms with Crippen LogP contribution < -0.4 is 0 Å². The molecule has 0 N–H and O–H groups in total. The van der Waals surface area contributed by atoms with Crippen LogP contribution in [0.15, 0.2) is 30.3 Å². The molecule has 4 rings (SSSR count). The maximum Gasteiger partial charge on any atom is 0.228 e. The molecule has 0 unspecified atom stereocenters. The van der Waals surface area contributed by atoms with E-state index in [0.29, 0.717) is 19.5 Å². The molecule has 1 aliphatic carbocycles. The van der Waals surface area contributed by atoms with Gasteiger partial charge in [-0.25, -0.2) is 0 Å². The van der Waals surface area contributed by atoms with Crippen molar-refractivity contribution in [3.63, 3.8) is 0 Å². The quantitative estimate of drug-likeness (QED) is 0.785. The lowest BCUT2D eigenvalue weighted by atomic mass is 9.93. The fourth-order valence-corrected chi connectivity index (χ4v) is 5.07. The van der Waals surface area contributed by atoms with Gasteiger partial charge in [0.15, 0.2) is 0 Å². The van der Waals surface area contributed by atoms with E-state index < -0.39 is 0 Å². The molecule has 0 radical (unpaired) electrons. The fourth-order valence-electron chi connectivity index (χ4n) is 5.07. The van der Waals surface area contributed by atoms with Gasteiger partial charge < -0.3 is 9.80 Å². The van der Waals surface area contributed by atoms with Crippen molar-refractivity contribution in [1.82, 2.24) is 14.7 Å². The van der Waals surface area contributed by atoms with E-state index in [9.17, 15) is 9.59 Å². The van der Waals surface area contributed by atoms with Crippen LogP contribution in [0.25, 0.3) is 0 Å². The molecule has 1 atom stereocenters. The number of carbonyl (C=O) groups excluding carboxylic acids is 2.